The van der Waals surface area contributed by atoms with E-state index in [4.69, 9.17) is 29.4 Å². The number of carboxylic acids is 2. The number of carbonyl (C=O) groups excluding carboxylic acids is 3. The summed E-state index contributed by atoms with van der Waals surface area (Å²) in [5, 5.41) is 63.8. The van der Waals surface area contributed by atoms with Crippen LogP contribution in [0.25, 0.3) is 0 Å². The number of H-pyrrole nitrogens is 1. The number of ether oxygens (including phenoxy) is 5. The molecule has 1 amide bonds. The quantitative estimate of drug-likeness (QED) is 0.0433. The van der Waals surface area contributed by atoms with Crippen molar-refractivity contribution in [2.75, 3.05) is 27.2 Å². The number of aromatic amines is 1. The summed E-state index contributed by atoms with van der Waals surface area (Å²) in [5.74, 6) is -5.27. The monoisotopic (exact) mass is 943 g/mol. The minimum absolute atomic E-state index is 0.228. The Labute approximate surface area is 382 Å². The summed E-state index contributed by atoms with van der Waals surface area (Å²) in [6.45, 7) is 5.18. The van der Waals surface area contributed by atoms with E-state index in [0.717, 1.165) is 67.3 Å². The standard InChI is InChI=1S/C43H69N5O18/c1-22(2)13-11-9-7-6-8-10-12-14-24(62-29(52)18-23(3)17-28(50)51)19-30(53)63-26-21-46(4)32(39(58)47(5)31(26)41(59)60)37(66-42-36(57)33(54)25(20-44)64-42)38-34(55)35(56)40(65-38)48-16-15-27(49)45-43(48)61/h15-16,22-26,31-38,40,42,54-57H,6-14,17-21,44H2,1-5H3,(H,50,51)(H,59,60)(H,45,49,61). The van der Waals surface area contributed by atoms with Gasteiger partial charge in [0.05, 0.1) is 6.42 Å². The smallest absolute Gasteiger partial charge is 0.330 e. The van der Waals surface area contributed by atoms with E-state index in [-0.39, 0.29) is 25.8 Å². The maximum absolute atomic E-state index is 14.5. The Morgan fingerprint density at radius 1 is 0.833 bits per heavy atom. The second kappa shape index (κ2) is 25.2. The van der Waals surface area contributed by atoms with Crippen molar-refractivity contribution in [3.63, 3.8) is 0 Å². The van der Waals surface area contributed by atoms with Gasteiger partial charge in [-0.2, -0.15) is 0 Å². The van der Waals surface area contributed by atoms with Crippen LogP contribution in [0.15, 0.2) is 21.9 Å². The lowest BCUT2D eigenvalue weighted by atomic mass is 9.97. The lowest BCUT2D eigenvalue weighted by Gasteiger charge is -2.38. The van der Waals surface area contributed by atoms with E-state index >= 15 is 0 Å². The molecule has 0 radical (unpaired) electrons. The Morgan fingerprint density at radius 2 is 1.47 bits per heavy atom. The topological polar surface area (TPSA) is 340 Å². The Bertz CT molecular complexity index is 1900. The molecular formula is C43H69N5O18. The molecule has 1 aromatic rings. The minimum Gasteiger partial charge on any atom is -0.481 e. The van der Waals surface area contributed by atoms with E-state index in [1.165, 1.54) is 18.4 Å². The summed E-state index contributed by atoms with van der Waals surface area (Å²) in [6.07, 6.45) is -9.87. The first kappa shape index (κ1) is 54.3. The number of hydrogen-bond donors (Lipinski definition) is 8. The number of nitrogens with two attached hydrogens (primary N) is 1. The Morgan fingerprint density at radius 3 is 2.05 bits per heavy atom. The van der Waals surface area contributed by atoms with Gasteiger partial charge < -0.3 is 65.0 Å². The summed E-state index contributed by atoms with van der Waals surface area (Å²) >= 11 is 0. The first-order valence-electron chi connectivity index (χ1n) is 22.7. The maximum Gasteiger partial charge on any atom is 0.330 e. The zero-order valence-electron chi connectivity index (χ0n) is 38.2. The van der Waals surface area contributed by atoms with E-state index in [1.807, 2.05) is 4.98 Å². The highest BCUT2D eigenvalue weighted by molar-refractivity contribution is 5.88. The number of unbranched alkanes of at least 4 members (excludes halogenated alkanes) is 6. The first-order valence-corrected chi connectivity index (χ1v) is 22.7. The van der Waals surface area contributed by atoms with Crippen molar-refractivity contribution >= 4 is 29.8 Å². The highest BCUT2D eigenvalue weighted by Gasteiger charge is 2.57. The number of esters is 2. The summed E-state index contributed by atoms with van der Waals surface area (Å²) in [4.78, 5) is 94.0. The van der Waals surface area contributed by atoms with Crippen molar-refractivity contribution in [3.05, 3.63) is 33.1 Å². The second-order valence-electron chi connectivity index (χ2n) is 18.2. The molecule has 0 saturated carbocycles. The number of carboxylic acid groups (broad SMARTS) is 2. The van der Waals surface area contributed by atoms with E-state index in [1.54, 1.807) is 6.92 Å². The van der Waals surface area contributed by atoms with Crippen LogP contribution < -0.4 is 17.0 Å². The van der Waals surface area contributed by atoms with Gasteiger partial charge in [0.25, 0.3) is 5.56 Å². The van der Waals surface area contributed by atoms with Gasteiger partial charge in [-0.05, 0) is 31.7 Å². The average molecular weight is 944 g/mol. The van der Waals surface area contributed by atoms with Gasteiger partial charge in [-0.15, -0.1) is 0 Å². The number of nitrogens with one attached hydrogen (secondary N) is 1. The van der Waals surface area contributed by atoms with Gasteiger partial charge in [0, 0.05) is 45.2 Å². The first-order chi connectivity index (χ1) is 31.1. The van der Waals surface area contributed by atoms with Crippen molar-refractivity contribution in [2.24, 2.45) is 17.6 Å². The molecule has 14 atom stereocenters. The Balaban J connectivity index is 1.58. The molecule has 0 bridgehead atoms. The molecule has 3 fully saturated rings. The highest BCUT2D eigenvalue weighted by atomic mass is 16.7. The number of nitrogens with zero attached hydrogens (tertiary/aromatic N) is 3. The minimum atomic E-state index is -1.95. The van der Waals surface area contributed by atoms with E-state index in [0.29, 0.717) is 12.3 Å². The van der Waals surface area contributed by atoms with Crippen molar-refractivity contribution in [1.82, 2.24) is 19.4 Å². The van der Waals surface area contributed by atoms with Crippen LogP contribution in [0.5, 0.6) is 0 Å². The molecule has 66 heavy (non-hydrogen) atoms. The molecule has 1 aromatic heterocycles. The van der Waals surface area contributed by atoms with Crippen LogP contribution in [0.2, 0.25) is 0 Å². The van der Waals surface area contributed by atoms with Gasteiger partial charge in [-0.3, -0.25) is 38.4 Å². The molecule has 4 heterocycles. The molecule has 23 nitrogen and oxygen atoms in total. The molecule has 23 heteroatoms. The third kappa shape index (κ3) is 14.6. The number of amides is 1. The van der Waals surface area contributed by atoms with Crippen LogP contribution in [-0.2, 0) is 47.7 Å². The summed E-state index contributed by atoms with van der Waals surface area (Å²) in [7, 11) is 2.47. The lowest BCUT2D eigenvalue weighted by molar-refractivity contribution is -0.233. The number of aromatic nitrogens is 2. The van der Waals surface area contributed by atoms with Crippen molar-refractivity contribution < 1.29 is 78.3 Å². The number of likely N-dealkylation sites (N-methyl/N-ethyl adjacent to an activating group) is 2. The van der Waals surface area contributed by atoms with Crippen LogP contribution in [0.1, 0.15) is 104 Å². The SMILES string of the molecule is CC(C)CCCCCCCCCC(CC(=O)OC1CN(C)C(C(OC2OC(CN)C(O)C2O)C2OC(n3ccc(=O)[nH]c3=O)C(O)C2O)C(=O)N(C)C1C(=O)O)OC(=O)CC(C)CC(=O)O. The number of aliphatic carboxylic acids is 2. The van der Waals surface area contributed by atoms with Gasteiger partial charge in [-0.25, -0.2) is 9.59 Å². The molecular weight excluding hydrogens is 874 g/mol. The van der Waals surface area contributed by atoms with Gasteiger partial charge in [0.2, 0.25) is 5.91 Å². The van der Waals surface area contributed by atoms with Crippen LogP contribution >= 0.6 is 0 Å². The van der Waals surface area contributed by atoms with E-state index in [2.05, 4.69) is 13.8 Å². The fourth-order valence-corrected chi connectivity index (χ4v) is 8.72. The predicted octanol–water partition coefficient (Wildman–Crippen LogP) is -0.946. The van der Waals surface area contributed by atoms with Gasteiger partial charge in [-0.1, -0.05) is 65.7 Å². The molecule has 0 aliphatic carbocycles. The fraction of sp³-hybridized carbons (Fsp3) is 0.791. The molecule has 0 spiro atoms. The van der Waals surface area contributed by atoms with Crippen LogP contribution in [-0.4, -0.2) is 180 Å². The summed E-state index contributed by atoms with van der Waals surface area (Å²) in [5.41, 5.74) is 3.91. The fourth-order valence-electron chi connectivity index (χ4n) is 8.72. The van der Waals surface area contributed by atoms with E-state index in [9.17, 15) is 64.2 Å². The number of carbonyl (C=O) groups is 5. The zero-order valence-corrected chi connectivity index (χ0v) is 38.2. The number of aliphatic hydroxyl groups is 4. The average Bonchev–Trinajstić information content (AvgIpc) is 3.63. The van der Waals surface area contributed by atoms with E-state index < -0.39 is 139 Å². The summed E-state index contributed by atoms with van der Waals surface area (Å²) in [6, 6.07) is -2.56. The van der Waals surface area contributed by atoms with Gasteiger partial charge in [0.15, 0.2) is 18.6 Å². The molecule has 374 valence electrons. The Kier molecular flexibility index (Phi) is 20.7. The molecule has 3 saturated heterocycles. The molecule has 9 N–H and O–H groups in total. The normalized spacial score (nSPS) is 29.7. The van der Waals surface area contributed by atoms with Gasteiger partial charge >= 0.3 is 29.6 Å². The number of hydrogen-bond acceptors (Lipinski definition) is 18. The highest BCUT2D eigenvalue weighted by Crippen LogP contribution is 2.36. The van der Waals surface area contributed by atoms with Crippen LogP contribution in [0, 0.1) is 11.8 Å². The van der Waals surface area contributed by atoms with Crippen molar-refractivity contribution in [2.45, 2.75) is 177 Å². The number of rotatable bonds is 25. The number of aliphatic hydroxyl groups excluding tert-OH is 4. The zero-order chi connectivity index (χ0) is 49.0. The van der Waals surface area contributed by atoms with Crippen molar-refractivity contribution in [3.8, 4) is 0 Å². The third-order valence-corrected chi connectivity index (χ3v) is 12.3. The van der Waals surface area contributed by atoms with Crippen molar-refractivity contribution in [1.29, 1.82) is 0 Å². The molecule has 0 aromatic carbocycles. The largest absolute Gasteiger partial charge is 0.481 e. The third-order valence-electron chi connectivity index (χ3n) is 12.3. The second-order valence-corrected chi connectivity index (χ2v) is 18.2. The predicted molar refractivity (Wildman–Crippen MR) is 229 cm³/mol. The molecule has 14 unspecified atom stereocenters. The summed E-state index contributed by atoms with van der Waals surface area (Å²) < 4.78 is 30.0. The molecule has 3 aliphatic heterocycles. The van der Waals surface area contributed by atoms with Crippen LogP contribution in [0.4, 0.5) is 0 Å². The maximum atomic E-state index is 14.5. The lowest BCUT2D eigenvalue weighted by Crippen LogP contribution is -2.59. The molecule has 3 aliphatic rings. The molecule has 4 rings (SSSR count). The van der Waals surface area contributed by atoms with Crippen LogP contribution in [0.3, 0.4) is 0 Å². The Hall–Kier alpha value is -4.33. The van der Waals surface area contributed by atoms with Gasteiger partial charge in [0.1, 0.15) is 61.0 Å².